The van der Waals surface area contributed by atoms with E-state index in [0.717, 1.165) is 28.0 Å². The van der Waals surface area contributed by atoms with Gasteiger partial charge < -0.3 is 9.64 Å². The largest absolute Gasteiger partial charge is 0.497 e. The van der Waals surface area contributed by atoms with E-state index in [9.17, 15) is 4.79 Å². The van der Waals surface area contributed by atoms with Crippen molar-refractivity contribution >= 4 is 5.91 Å². The van der Waals surface area contributed by atoms with Crippen LogP contribution in [0.4, 0.5) is 0 Å². The second kappa shape index (κ2) is 6.48. The molecule has 2 heterocycles. The molecule has 1 amide bonds. The molecule has 1 aromatic carbocycles. The minimum atomic E-state index is -0.0439. The molecule has 2 unspecified atom stereocenters. The monoisotopic (exact) mass is 322 g/mol. The Labute approximate surface area is 142 Å². The first-order valence-corrected chi connectivity index (χ1v) is 8.08. The van der Waals surface area contributed by atoms with Crippen LogP contribution in [0.2, 0.25) is 0 Å². The molecule has 0 N–H and O–H groups in total. The molecule has 1 aliphatic heterocycles. The topological polar surface area (TPSA) is 42.4 Å². The molecule has 0 saturated heterocycles. The molecule has 0 bridgehead atoms. The van der Waals surface area contributed by atoms with E-state index in [2.05, 4.69) is 11.9 Å². The van der Waals surface area contributed by atoms with Gasteiger partial charge in [-0.3, -0.25) is 9.78 Å². The normalized spacial score (nSPS) is 18.9. The molecule has 2 aromatic rings. The maximum Gasteiger partial charge on any atom is 0.250 e. The molecule has 4 heteroatoms. The molecule has 4 nitrogen and oxygen atoms in total. The summed E-state index contributed by atoms with van der Waals surface area (Å²) in [6.45, 7) is 6.02. The van der Waals surface area contributed by atoms with Crippen LogP contribution in [0.1, 0.15) is 44.0 Å². The Morgan fingerprint density at radius 3 is 2.29 bits per heavy atom. The van der Waals surface area contributed by atoms with Gasteiger partial charge in [0.1, 0.15) is 5.75 Å². The van der Waals surface area contributed by atoms with Crippen molar-refractivity contribution in [1.29, 1.82) is 0 Å². The number of aromatic nitrogens is 1. The van der Waals surface area contributed by atoms with Crippen LogP contribution in [0.5, 0.6) is 5.75 Å². The number of carbonyl (C=O) groups excluding carboxylic acids is 1. The van der Waals surface area contributed by atoms with Gasteiger partial charge in [0.05, 0.1) is 19.2 Å². The minimum absolute atomic E-state index is 0.0334. The van der Waals surface area contributed by atoms with Crippen molar-refractivity contribution in [2.45, 2.75) is 32.9 Å². The van der Waals surface area contributed by atoms with Gasteiger partial charge in [-0.25, -0.2) is 0 Å². The van der Waals surface area contributed by atoms with Gasteiger partial charge in [0, 0.05) is 18.0 Å². The average Bonchev–Trinajstić information content (AvgIpc) is 2.86. The van der Waals surface area contributed by atoms with E-state index in [4.69, 9.17) is 4.74 Å². The molecule has 1 aromatic heterocycles. The van der Waals surface area contributed by atoms with Crippen LogP contribution in [0.3, 0.4) is 0 Å². The van der Waals surface area contributed by atoms with Crippen molar-refractivity contribution in [2.75, 3.05) is 7.11 Å². The van der Waals surface area contributed by atoms with Gasteiger partial charge in [-0.2, -0.15) is 0 Å². The third-order valence-corrected chi connectivity index (χ3v) is 4.87. The molecule has 0 fully saturated rings. The Hall–Kier alpha value is -2.62. The number of rotatable bonds is 4. The second-order valence-corrected chi connectivity index (χ2v) is 6.15. The maximum absolute atomic E-state index is 12.9. The summed E-state index contributed by atoms with van der Waals surface area (Å²) in [5, 5.41) is 0. The van der Waals surface area contributed by atoms with Crippen LogP contribution in [0.15, 0.2) is 59.9 Å². The highest BCUT2D eigenvalue weighted by atomic mass is 16.5. The van der Waals surface area contributed by atoms with Crippen molar-refractivity contribution < 1.29 is 9.53 Å². The van der Waals surface area contributed by atoms with Gasteiger partial charge in [0.25, 0.3) is 5.91 Å². The lowest BCUT2D eigenvalue weighted by atomic mass is 9.98. The van der Waals surface area contributed by atoms with E-state index in [1.165, 1.54) is 0 Å². The Morgan fingerprint density at radius 1 is 1.08 bits per heavy atom. The van der Waals surface area contributed by atoms with Crippen molar-refractivity contribution in [3.63, 3.8) is 0 Å². The van der Waals surface area contributed by atoms with Gasteiger partial charge in [0.2, 0.25) is 0 Å². The summed E-state index contributed by atoms with van der Waals surface area (Å²) in [6, 6.07) is 11.8. The lowest BCUT2D eigenvalue weighted by Gasteiger charge is -2.33. The van der Waals surface area contributed by atoms with Crippen molar-refractivity contribution in [3.05, 3.63) is 71.1 Å². The highest BCUT2D eigenvalue weighted by Crippen LogP contribution is 2.42. The summed E-state index contributed by atoms with van der Waals surface area (Å²) < 4.78 is 5.22. The first-order valence-electron chi connectivity index (χ1n) is 8.08. The Morgan fingerprint density at radius 2 is 1.71 bits per heavy atom. The van der Waals surface area contributed by atoms with E-state index in [1.807, 2.05) is 55.1 Å². The van der Waals surface area contributed by atoms with Gasteiger partial charge in [-0.1, -0.05) is 12.1 Å². The maximum atomic E-state index is 12.9. The zero-order valence-electron chi connectivity index (χ0n) is 14.5. The molecule has 24 heavy (non-hydrogen) atoms. The predicted octanol–water partition coefficient (Wildman–Crippen LogP) is 4.07. The fourth-order valence-corrected chi connectivity index (χ4v) is 3.29. The van der Waals surface area contributed by atoms with E-state index < -0.39 is 0 Å². The smallest absolute Gasteiger partial charge is 0.250 e. The summed E-state index contributed by atoms with van der Waals surface area (Å²) in [7, 11) is 1.65. The van der Waals surface area contributed by atoms with E-state index in [1.54, 1.807) is 19.5 Å². The molecule has 0 aliphatic carbocycles. The summed E-state index contributed by atoms with van der Waals surface area (Å²) in [5.74, 6) is 0.910. The average molecular weight is 322 g/mol. The third-order valence-electron chi connectivity index (χ3n) is 4.87. The summed E-state index contributed by atoms with van der Waals surface area (Å²) in [5.41, 5.74) is 4.11. The van der Waals surface area contributed by atoms with Crippen LogP contribution in [0, 0.1) is 0 Å². The first-order chi connectivity index (χ1) is 11.5. The van der Waals surface area contributed by atoms with Crippen LogP contribution in [-0.4, -0.2) is 22.9 Å². The molecule has 3 rings (SSSR count). The van der Waals surface area contributed by atoms with Crippen molar-refractivity contribution in [2.24, 2.45) is 0 Å². The number of nitrogens with zero attached hydrogens (tertiary/aromatic N) is 2. The highest BCUT2D eigenvalue weighted by Gasteiger charge is 2.38. The Kier molecular flexibility index (Phi) is 4.38. The number of benzene rings is 1. The number of methoxy groups -OCH3 is 1. The Bertz CT molecular complexity index is 766. The van der Waals surface area contributed by atoms with Crippen LogP contribution in [0.25, 0.3) is 0 Å². The zero-order valence-corrected chi connectivity index (χ0v) is 14.5. The molecule has 0 saturated carbocycles. The minimum Gasteiger partial charge on any atom is -0.497 e. The SMILES string of the molecule is COc1ccc(C(C)N2C(=O)C(C)=C(C)C2c2ccncc2)cc1. The third kappa shape index (κ3) is 2.68. The molecular formula is C20H22N2O2. The lowest BCUT2D eigenvalue weighted by molar-refractivity contribution is -0.129. The summed E-state index contributed by atoms with van der Waals surface area (Å²) >= 11 is 0. The number of pyridine rings is 1. The van der Waals surface area contributed by atoms with E-state index in [-0.39, 0.29) is 18.0 Å². The number of ether oxygens (including phenoxy) is 1. The summed E-state index contributed by atoms with van der Waals surface area (Å²) in [6.07, 6.45) is 3.55. The quantitative estimate of drug-likeness (QED) is 0.852. The second-order valence-electron chi connectivity index (χ2n) is 6.15. The van der Waals surface area contributed by atoms with Gasteiger partial charge >= 0.3 is 0 Å². The number of amides is 1. The Balaban J connectivity index is 1.99. The molecule has 0 radical (unpaired) electrons. The van der Waals surface area contributed by atoms with E-state index >= 15 is 0 Å². The van der Waals surface area contributed by atoms with Crippen molar-refractivity contribution in [3.8, 4) is 5.75 Å². The molecule has 2 atom stereocenters. The van der Waals surface area contributed by atoms with Crippen LogP contribution < -0.4 is 4.74 Å². The fraction of sp³-hybridized carbons (Fsp3) is 0.300. The first kappa shape index (κ1) is 16.2. The van der Waals surface area contributed by atoms with Gasteiger partial charge in [-0.05, 0) is 61.7 Å². The number of hydrogen-bond donors (Lipinski definition) is 0. The van der Waals surface area contributed by atoms with Crippen LogP contribution in [-0.2, 0) is 4.79 Å². The zero-order chi connectivity index (χ0) is 17.3. The van der Waals surface area contributed by atoms with Gasteiger partial charge in [-0.15, -0.1) is 0 Å². The molecule has 0 spiro atoms. The van der Waals surface area contributed by atoms with E-state index in [0.29, 0.717) is 0 Å². The standard InChI is InChI=1S/C20H22N2O2/c1-13-14(2)20(23)22(19(13)17-9-11-21-12-10-17)15(3)16-5-7-18(24-4)8-6-16/h5-12,15,19H,1-4H3. The fourth-order valence-electron chi connectivity index (χ4n) is 3.29. The number of carbonyl (C=O) groups is 1. The van der Waals surface area contributed by atoms with Gasteiger partial charge in [0.15, 0.2) is 0 Å². The summed E-state index contributed by atoms with van der Waals surface area (Å²) in [4.78, 5) is 18.9. The highest BCUT2D eigenvalue weighted by molar-refractivity contribution is 5.97. The van der Waals surface area contributed by atoms with Crippen molar-refractivity contribution in [1.82, 2.24) is 9.88 Å². The van der Waals surface area contributed by atoms with Crippen LogP contribution >= 0.6 is 0 Å². The molecular weight excluding hydrogens is 300 g/mol. The number of hydrogen-bond acceptors (Lipinski definition) is 3. The molecule has 1 aliphatic rings. The predicted molar refractivity (Wildman–Crippen MR) is 93.6 cm³/mol. The molecule has 124 valence electrons. The lowest BCUT2D eigenvalue weighted by Crippen LogP contribution is -2.32.